The maximum Gasteiger partial charge on any atom is 0.418 e. The van der Waals surface area contributed by atoms with Gasteiger partial charge in [-0.25, -0.2) is 4.98 Å². The van der Waals surface area contributed by atoms with Crippen LogP contribution in [0.3, 0.4) is 0 Å². The molecule has 0 atom stereocenters. The van der Waals surface area contributed by atoms with Crippen molar-refractivity contribution >= 4 is 46.4 Å². The standard InChI is InChI=1S/C17H8Cl3F3N2O2/c18-9-2-4-13(10(6-9)17(21,22)23)24-15(26)14-7-27-16(25-14)8-1-3-11(19)12(20)5-8/h1-7H,(H,24,26). The summed E-state index contributed by atoms with van der Waals surface area (Å²) in [7, 11) is 0. The summed E-state index contributed by atoms with van der Waals surface area (Å²) < 4.78 is 44.5. The van der Waals surface area contributed by atoms with E-state index in [1.807, 2.05) is 0 Å². The first-order valence-corrected chi connectivity index (χ1v) is 8.37. The Labute approximate surface area is 165 Å². The van der Waals surface area contributed by atoms with Crippen molar-refractivity contribution in [1.82, 2.24) is 4.98 Å². The van der Waals surface area contributed by atoms with Gasteiger partial charge in [0.05, 0.1) is 21.3 Å². The summed E-state index contributed by atoms with van der Waals surface area (Å²) in [5, 5.41) is 2.64. The number of hydrogen-bond donors (Lipinski definition) is 1. The summed E-state index contributed by atoms with van der Waals surface area (Å²) in [6.45, 7) is 0. The molecule has 3 rings (SSSR count). The maximum atomic E-state index is 13.1. The third-order valence-corrected chi connectivity index (χ3v) is 4.41. The molecule has 3 aromatic rings. The van der Waals surface area contributed by atoms with E-state index < -0.39 is 23.3 Å². The fourth-order valence-corrected chi connectivity index (χ4v) is 2.66. The quantitative estimate of drug-likeness (QED) is 0.506. The minimum absolute atomic E-state index is 0.0610. The number of carbonyl (C=O) groups is 1. The topological polar surface area (TPSA) is 55.1 Å². The predicted molar refractivity (Wildman–Crippen MR) is 96.4 cm³/mol. The first kappa shape index (κ1) is 19.5. The van der Waals surface area contributed by atoms with E-state index in [1.54, 1.807) is 6.07 Å². The summed E-state index contributed by atoms with van der Waals surface area (Å²) in [5.41, 5.74) is -1.28. The molecule has 1 N–H and O–H groups in total. The van der Waals surface area contributed by atoms with Crippen LogP contribution >= 0.6 is 34.8 Å². The highest BCUT2D eigenvalue weighted by Gasteiger charge is 2.34. The van der Waals surface area contributed by atoms with Gasteiger partial charge in [-0.15, -0.1) is 0 Å². The lowest BCUT2D eigenvalue weighted by atomic mass is 10.1. The molecular weight excluding hydrogens is 428 g/mol. The average molecular weight is 436 g/mol. The van der Waals surface area contributed by atoms with E-state index in [9.17, 15) is 18.0 Å². The van der Waals surface area contributed by atoms with Crippen LogP contribution in [0, 0.1) is 0 Å². The van der Waals surface area contributed by atoms with Gasteiger partial charge in [0, 0.05) is 10.6 Å². The van der Waals surface area contributed by atoms with Crippen molar-refractivity contribution in [3.8, 4) is 11.5 Å². The lowest BCUT2D eigenvalue weighted by Crippen LogP contribution is -2.17. The molecule has 0 fully saturated rings. The summed E-state index contributed by atoms with van der Waals surface area (Å²) >= 11 is 17.4. The molecule has 1 heterocycles. The van der Waals surface area contributed by atoms with Gasteiger partial charge in [-0.3, -0.25) is 4.79 Å². The number of oxazole rings is 1. The third-order valence-electron chi connectivity index (χ3n) is 3.44. The maximum absolute atomic E-state index is 13.1. The molecule has 4 nitrogen and oxygen atoms in total. The van der Waals surface area contributed by atoms with Gasteiger partial charge in [0.2, 0.25) is 5.89 Å². The lowest BCUT2D eigenvalue weighted by molar-refractivity contribution is -0.136. The number of nitrogens with zero attached hydrogens (tertiary/aromatic N) is 1. The summed E-state index contributed by atoms with van der Waals surface area (Å²) in [6, 6.07) is 7.59. The molecule has 27 heavy (non-hydrogen) atoms. The molecule has 0 aliphatic heterocycles. The number of carbonyl (C=O) groups excluding carboxylic acids is 1. The zero-order valence-corrected chi connectivity index (χ0v) is 15.3. The highest BCUT2D eigenvalue weighted by Crippen LogP contribution is 2.36. The van der Waals surface area contributed by atoms with E-state index in [0.29, 0.717) is 10.6 Å². The molecule has 1 amide bonds. The molecule has 2 aromatic carbocycles. The number of alkyl halides is 3. The largest absolute Gasteiger partial charge is 0.444 e. The van der Waals surface area contributed by atoms with Gasteiger partial charge in [0.1, 0.15) is 6.26 Å². The molecule has 0 aliphatic carbocycles. The van der Waals surface area contributed by atoms with Gasteiger partial charge in [0.15, 0.2) is 5.69 Å². The molecule has 0 radical (unpaired) electrons. The van der Waals surface area contributed by atoms with Crippen molar-refractivity contribution in [3.63, 3.8) is 0 Å². The summed E-state index contributed by atoms with van der Waals surface area (Å²) in [6.07, 6.45) is -3.67. The van der Waals surface area contributed by atoms with Crippen LogP contribution in [0.15, 0.2) is 47.1 Å². The molecule has 0 saturated carbocycles. The highest BCUT2D eigenvalue weighted by molar-refractivity contribution is 6.42. The molecule has 0 aliphatic rings. The van der Waals surface area contributed by atoms with E-state index >= 15 is 0 Å². The van der Waals surface area contributed by atoms with Crippen molar-refractivity contribution in [2.24, 2.45) is 0 Å². The number of hydrogen-bond acceptors (Lipinski definition) is 3. The van der Waals surface area contributed by atoms with Crippen molar-refractivity contribution in [1.29, 1.82) is 0 Å². The molecule has 1 aromatic heterocycles. The van der Waals surface area contributed by atoms with Crippen LogP contribution in [0.1, 0.15) is 16.1 Å². The minimum Gasteiger partial charge on any atom is -0.444 e. The summed E-state index contributed by atoms with van der Waals surface area (Å²) in [5.74, 6) is -0.816. The van der Waals surface area contributed by atoms with Crippen LogP contribution in [-0.2, 0) is 6.18 Å². The van der Waals surface area contributed by atoms with Crippen LogP contribution in [0.4, 0.5) is 18.9 Å². The Morgan fingerprint density at radius 2 is 1.78 bits per heavy atom. The fourth-order valence-electron chi connectivity index (χ4n) is 2.19. The van der Waals surface area contributed by atoms with E-state index in [-0.39, 0.29) is 21.6 Å². The Balaban J connectivity index is 1.86. The Kier molecular flexibility index (Phi) is 5.37. The number of halogens is 6. The summed E-state index contributed by atoms with van der Waals surface area (Å²) in [4.78, 5) is 16.2. The van der Waals surface area contributed by atoms with E-state index in [4.69, 9.17) is 39.2 Å². The van der Waals surface area contributed by atoms with Gasteiger partial charge >= 0.3 is 6.18 Å². The van der Waals surface area contributed by atoms with Crippen LogP contribution in [0.2, 0.25) is 15.1 Å². The van der Waals surface area contributed by atoms with Crippen molar-refractivity contribution in [2.75, 3.05) is 5.32 Å². The Morgan fingerprint density at radius 3 is 2.44 bits per heavy atom. The number of aromatic nitrogens is 1. The zero-order chi connectivity index (χ0) is 19.8. The fraction of sp³-hybridized carbons (Fsp3) is 0.0588. The predicted octanol–water partition coefficient (Wildman–Crippen LogP) is 6.57. The number of nitrogens with one attached hydrogen (secondary N) is 1. The van der Waals surface area contributed by atoms with E-state index in [1.165, 1.54) is 18.2 Å². The Bertz CT molecular complexity index is 1020. The molecular formula is C17H8Cl3F3N2O2. The van der Waals surface area contributed by atoms with E-state index in [2.05, 4.69) is 10.3 Å². The Morgan fingerprint density at radius 1 is 1.04 bits per heavy atom. The van der Waals surface area contributed by atoms with Crippen LogP contribution in [0.25, 0.3) is 11.5 Å². The second kappa shape index (κ2) is 7.42. The molecule has 0 unspecified atom stereocenters. The third kappa shape index (κ3) is 4.37. The average Bonchev–Trinajstić information content (AvgIpc) is 3.08. The second-order valence-electron chi connectivity index (χ2n) is 5.31. The normalized spacial score (nSPS) is 11.5. The van der Waals surface area contributed by atoms with Gasteiger partial charge in [-0.05, 0) is 36.4 Å². The molecule has 10 heteroatoms. The van der Waals surface area contributed by atoms with Crippen molar-refractivity contribution in [3.05, 3.63) is 69.0 Å². The van der Waals surface area contributed by atoms with Gasteiger partial charge in [-0.2, -0.15) is 13.2 Å². The lowest BCUT2D eigenvalue weighted by Gasteiger charge is -2.13. The van der Waals surface area contributed by atoms with E-state index in [0.717, 1.165) is 18.4 Å². The number of rotatable bonds is 3. The second-order valence-corrected chi connectivity index (χ2v) is 6.56. The van der Waals surface area contributed by atoms with Crippen molar-refractivity contribution < 1.29 is 22.4 Å². The van der Waals surface area contributed by atoms with Gasteiger partial charge in [0.25, 0.3) is 5.91 Å². The molecule has 0 bridgehead atoms. The smallest absolute Gasteiger partial charge is 0.418 e. The first-order valence-electron chi connectivity index (χ1n) is 7.24. The number of amides is 1. The van der Waals surface area contributed by atoms with Crippen molar-refractivity contribution in [2.45, 2.75) is 6.18 Å². The molecule has 140 valence electrons. The SMILES string of the molecule is O=C(Nc1ccc(Cl)cc1C(F)(F)F)c1coc(-c2ccc(Cl)c(Cl)c2)n1. The number of benzene rings is 2. The zero-order valence-electron chi connectivity index (χ0n) is 13.1. The Hall–Kier alpha value is -2.22. The van der Waals surface area contributed by atoms with Crippen LogP contribution in [-0.4, -0.2) is 10.9 Å². The van der Waals surface area contributed by atoms with Gasteiger partial charge < -0.3 is 9.73 Å². The first-order chi connectivity index (χ1) is 12.6. The monoisotopic (exact) mass is 434 g/mol. The van der Waals surface area contributed by atoms with Gasteiger partial charge in [-0.1, -0.05) is 34.8 Å². The minimum atomic E-state index is -4.69. The molecule has 0 spiro atoms. The van der Waals surface area contributed by atoms with Crippen LogP contribution in [0.5, 0.6) is 0 Å². The highest BCUT2D eigenvalue weighted by atomic mass is 35.5. The molecule has 0 saturated heterocycles. The number of anilines is 1. The van der Waals surface area contributed by atoms with Crippen LogP contribution < -0.4 is 5.32 Å².